The number of alkyl carbamates (subject to hydrolysis) is 2. The Balaban J connectivity index is 0. The Bertz CT molecular complexity index is 407. The predicted molar refractivity (Wildman–Crippen MR) is 83.7 cm³/mol. The number of ether oxygens (including phenoxy) is 2. The maximum absolute atomic E-state index is 10.8. The summed E-state index contributed by atoms with van der Waals surface area (Å²) in [6, 6.07) is 0. The summed E-state index contributed by atoms with van der Waals surface area (Å²) in [6.45, 7) is 9.37. The summed E-state index contributed by atoms with van der Waals surface area (Å²) in [7, 11) is 0. The monoisotopic (exact) mass is 350 g/mol. The van der Waals surface area contributed by atoms with Crippen molar-refractivity contribution in [1.29, 1.82) is 0 Å². The molecule has 24 heavy (non-hydrogen) atoms. The number of hydrogen-bond donors (Lipinski definition) is 4. The number of carboxylic acid groups (broad SMARTS) is 2. The molecule has 0 heterocycles. The number of amides is 2. The van der Waals surface area contributed by atoms with E-state index in [9.17, 15) is 19.2 Å². The van der Waals surface area contributed by atoms with Crippen LogP contribution in [0.3, 0.4) is 0 Å². The van der Waals surface area contributed by atoms with Gasteiger partial charge in [0, 0.05) is 0 Å². The molecular weight excluding hydrogens is 324 g/mol. The Morgan fingerprint density at radius 1 is 0.708 bits per heavy atom. The van der Waals surface area contributed by atoms with Gasteiger partial charge in [-0.05, 0) is 41.5 Å². The summed E-state index contributed by atoms with van der Waals surface area (Å²) in [5, 5.41) is 20.5. The van der Waals surface area contributed by atoms with Gasteiger partial charge in [0.25, 0.3) is 0 Å². The van der Waals surface area contributed by atoms with E-state index in [-0.39, 0.29) is 0 Å². The van der Waals surface area contributed by atoms with Gasteiger partial charge in [-0.2, -0.15) is 0 Å². The van der Waals surface area contributed by atoms with E-state index in [1.807, 2.05) is 0 Å². The third-order valence-corrected chi connectivity index (χ3v) is 1.57. The predicted octanol–water partition coefficient (Wildman–Crippen LogP) is 1.19. The molecule has 0 bridgehead atoms. The van der Waals surface area contributed by atoms with Crippen molar-refractivity contribution in [2.75, 3.05) is 13.1 Å². The first kappa shape index (κ1) is 23.7. The third-order valence-electron chi connectivity index (χ3n) is 1.57. The summed E-state index contributed by atoms with van der Waals surface area (Å²) >= 11 is 0. The molecule has 0 fully saturated rings. The minimum absolute atomic E-state index is 0.422. The van der Waals surface area contributed by atoms with Crippen molar-refractivity contribution < 1.29 is 38.9 Å². The number of hydrogen-bond acceptors (Lipinski definition) is 6. The van der Waals surface area contributed by atoms with Crippen LogP contribution in [0.5, 0.6) is 0 Å². The van der Waals surface area contributed by atoms with Crippen LogP contribution >= 0.6 is 0 Å². The second kappa shape index (κ2) is 10.3. The van der Waals surface area contributed by atoms with Crippen molar-refractivity contribution in [3.05, 3.63) is 0 Å². The van der Waals surface area contributed by atoms with Crippen molar-refractivity contribution in [2.24, 2.45) is 0 Å². The average molecular weight is 350 g/mol. The van der Waals surface area contributed by atoms with Crippen LogP contribution in [0.25, 0.3) is 0 Å². The third kappa shape index (κ3) is 21.8. The Labute approximate surface area is 140 Å². The number of carbonyl (C=O) groups excluding carboxylic acids is 2. The molecule has 0 aliphatic rings. The molecule has 10 nitrogen and oxygen atoms in total. The molecule has 0 atom stereocenters. The van der Waals surface area contributed by atoms with Crippen LogP contribution in [-0.2, 0) is 19.1 Å². The van der Waals surface area contributed by atoms with Crippen LogP contribution in [0.15, 0.2) is 0 Å². The molecule has 0 spiro atoms. The molecule has 0 aliphatic carbocycles. The second-order valence-corrected chi connectivity index (χ2v) is 6.50. The largest absolute Gasteiger partial charge is 0.480 e. The van der Waals surface area contributed by atoms with Gasteiger partial charge in [0.15, 0.2) is 0 Å². The topological polar surface area (TPSA) is 151 Å². The summed E-state index contributed by atoms with van der Waals surface area (Å²) < 4.78 is 9.55. The molecule has 140 valence electrons. The standard InChI is InChI=1S/2C7H13NO4/c2*1-7(2,3)12-6(11)8-4-5(9)10/h2*4H2,1-3H3,(H,8,11)(H,9,10). The van der Waals surface area contributed by atoms with Crippen LogP contribution in [0, 0.1) is 0 Å². The molecule has 0 aromatic carbocycles. The van der Waals surface area contributed by atoms with Crippen LogP contribution in [0.1, 0.15) is 41.5 Å². The summed E-state index contributed by atoms with van der Waals surface area (Å²) in [4.78, 5) is 41.5. The zero-order valence-electron chi connectivity index (χ0n) is 14.8. The molecule has 2 amide bonds. The van der Waals surface area contributed by atoms with Gasteiger partial charge >= 0.3 is 24.1 Å². The summed E-state index contributed by atoms with van der Waals surface area (Å²) in [6.07, 6.45) is -1.44. The van der Waals surface area contributed by atoms with E-state index < -0.39 is 48.4 Å². The van der Waals surface area contributed by atoms with Crippen molar-refractivity contribution in [2.45, 2.75) is 52.7 Å². The lowest BCUT2D eigenvalue weighted by Gasteiger charge is -2.19. The van der Waals surface area contributed by atoms with Crippen molar-refractivity contribution in [3.8, 4) is 0 Å². The van der Waals surface area contributed by atoms with Crippen LogP contribution in [0.2, 0.25) is 0 Å². The SMILES string of the molecule is CC(C)(C)OC(=O)NCC(=O)O.CC(C)(C)OC(=O)NCC(=O)O. The number of nitrogens with one attached hydrogen (secondary N) is 2. The quantitative estimate of drug-likeness (QED) is 0.590. The minimum Gasteiger partial charge on any atom is -0.480 e. The highest BCUT2D eigenvalue weighted by Gasteiger charge is 2.16. The van der Waals surface area contributed by atoms with E-state index in [0.717, 1.165) is 0 Å². The normalized spacial score (nSPS) is 10.6. The second-order valence-electron chi connectivity index (χ2n) is 6.50. The number of carbonyl (C=O) groups is 4. The maximum atomic E-state index is 10.8. The van der Waals surface area contributed by atoms with Gasteiger partial charge in [0.2, 0.25) is 0 Å². The first-order valence-corrected chi connectivity index (χ1v) is 6.99. The first-order chi connectivity index (χ1) is 10.6. The van der Waals surface area contributed by atoms with Crippen LogP contribution < -0.4 is 10.6 Å². The Kier molecular flexibility index (Phi) is 10.2. The van der Waals surface area contributed by atoms with Crippen molar-refractivity contribution in [1.82, 2.24) is 10.6 Å². The molecule has 4 N–H and O–H groups in total. The highest BCUT2D eigenvalue weighted by atomic mass is 16.6. The van der Waals surface area contributed by atoms with E-state index in [1.165, 1.54) is 0 Å². The number of carboxylic acids is 2. The molecule has 0 unspecified atom stereocenters. The Hall–Kier alpha value is -2.52. The summed E-state index contributed by atoms with van der Waals surface area (Å²) in [5.74, 6) is -2.19. The molecule has 0 aliphatic heterocycles. The lowest BCUT2D eigenvalue weighted by Crippen LogP contribution is -2.35. The molecule has 0 saturated heterocycles. The fourth-order valence-corrected chi connectivity index (χ4v) is 0.924. The zero-order chi connectivity index (χ0) is 19.6. The molecule has 0 saturated carbocycles. The zero-order valence-corrected chi connectivity index (χ0v) is 14.8. The van der Waals surface area contributed by atoms with E-state index in [2.05, 4.69) is 10.6 Å². The van der Waals surface area contributed by atoms with Gasteiger partial charge in [0.1, 0.15) is 24.3 Å². The average Bonchev–Trinajstić information content (AvgIpc) is 2.30. The lowest BCUT2D eigenvalue weighted by atomic mass is 10.2. The maximum Gasteiger partial charge on any atom is 0.408 e. The molecular formula is C14H26N2O8. The van der Waals surface area contributed by atoms with Gasteiger partial charge in [-0.1, -0.05) is 0 Å². The smallest absolute Gasteiger partial charge is 0.408 e. The van der Waals surface area contributed by atoms with E-state index in [1.54, 1.807) is 41.5 Å². The van der Waals surface area contributed by atoms with E-state index >= 15 is 0 Å². The van der Waals surface area contributed by atoms with Crippen molar-refractivity contribution >= 4 is 24.1 Å². The van der Waals surface area contributed by atoms with Crippen molar-refractivity contribution in [3.63, 3.8) is 0 Å². The highest BCUT2D eigenvalue weighted by Crippen LogP contribution is 2.06. The highest BCUT2D eigenvalue weighted by molar-refractivity contribution is 5.77. The molecule has 0 aromatic rings. The fraction of sp³-hybridized carbons (Fsp3) is 0.714. The summed E-state index contributed by atoms with van der Waals surface area (Å²) in [5.41, 5.74) is -1.19. The van der Waals surface area contributed by atoms with E-state index in [4.69, 9.17) is 19.7 Å². The number of aliphatic carboxylic acids is 2. The van der Waals surface area contributed by atoms with Gasteiger partial charge in [-0.15, -0.1) is 0 Å². The lowest BCUT2D eigenvalue weighted by molar-refractivity contribution is -0.136. The van der Waals surface area contributed by atoms with Crippen LogP contribution in [0.4, 0.5) is 9.59 Å². The van der Waals surface area contributed by atoms with E-state index in [0.29, 0.717) is 0 Å². The molecule has 0 aromatic heterocycles. The first-order valence-electron chi connectivity index (χ1n) is 6.99. The van der Waals surface area contributed by atoms with Gasteiger partial charge in [-0.25, -0.2) is 9.59 Å². The number of rotatable bonds is 4. The Morgan fingerprint density at radius 3 is 1.12 bits per heavy atom. The minimum atomic E-state index is -1.10. The Morgan fingerprint density at radius 2 is 0.958 bits per heavy atom. The molecule has 0 rings (SSSR count). The van der Waals surface area contributed by atoms with Gasteiger partial charge < -0.3 is 30.3 Å². The molecule has 10 heteroatoms. The van der Waals surface area contributed by atoms with Gasteiger partial charge in [0.05, 0.1) is 0 Å². The van der Waals surface area contributed by atoms with Crippen LogP contribution in [-0.4, -0.2) is 58.6 Å². The van der Waals surface area contributed by atoms with Gasteiger partial charge in [-0.3, -0.25) is 9.59 Å². The molecule has 0 radical (unpaired) electrons. The fourth-order valence-electron chi connectivity index (χ4n) is 0.924.